The molecule has 0 saturated heterocycles. The van der Waals surface area contributed by atoms with Gasteiger partial charge in [-0.05, 0) is 24.3 Å². The van der Waals surface area contributed by atoms with Crippen molar-refractivity contribution in [3.63, 3.8) is 0 Å². The van der Waals surface area contributed by atoms with Gasteiger partial charge >= 0.3 is 6.18 Å². The average Bonchev–Trinajstić information content (AvgIpc) is 2.61. The van der Waals surface area contributed by atoms with Gasteiger partial charge in [0.05, 0.1) is 6.42 Å². The molecule has 0 radical (unpaired) electrons. The van der Waals surface area contributed by atoms with Crippen molar-refractivity contribution in [1.29, 1.82) is 0 Å². The number of anilines is 2. The monoisotopic (exact) mass is 379 g/mol. The Morgan fingerprint density at radius 2 is 1.26 bits per heavy atom. The van der Waals surface area contributed by atoms with E-state index in [-0.39, 0.29) is 11.4 Å². The van der Waals surface area contributed by atoms with Crippen LogP contribution in [-0.4, -0.2) is 29.3 Å². The van der Waals surface area contributed by atoms with Gasteiger partial charge in [0.15, 0.2) is 5.54 Å². The van der Waals surface area contributed by atoms with Gasteiger partial charge in [-0.25, -0.2) is 0 Å². The van der Waals surface area contributed by atoms with E-state index in [0.717, 1.165) is 0 Å². The van der Waals surface area contributed by atoms with Gasteiger partial charge in [0.2, 0.25) is 5.91 Å². The van der Waals surface area contributed by atoms with E-state index in [4.69, 9.17) is 5.73 Å². The van der Waals surface area contributed by atoms with Gasteiger partial charge < -0.3 is 16.4 Å². The Labute approximate surface area is 152 Å². The lowest BCUT2D eigenvalue weighted by Crippen LogP contribution is -2.62. The summed E-state index contributed by atoms with van der Waals surface area (Å²) in [4.78, 5) is 36.3. The number of hydrogen-bond acceptors (Lipinski definition) is 4. The predicted octanol–water partition coefficient (Wildman–Crippen LogP) is 2.48. The molecule has 2 rings (SSSR count). The maximum absolute atomic E-state index is 13.0. The number of nitrogens with one attached hydrogen (secondary N) is 2. The van der Waals surface area contributed by atoms with Crippen LogP contribution in [-0.2, 0) is 14.4 Å². The van der Waals surface area contributed by atoms with Gasteiger partial charge in [-0.1, -0.05) is 36.4 Å². The number of carbonyl (C=O) groups excluding carboxylic acids is 3. The highest BCUT2D eigenvalue weighted by Gasteiger charge is 2.56. The summed E-state index contributed by atoms with van der Waals surface area (Å²) in [7, 11) is 0. The Bertz CT molecular complexity index is 826. The highest BCUT2D eigenvalue weighted by Crippen LogP contribution is 2.26. The molecular formula is C18H16F3N3O3. The summed E-state index contributed by atoms with van der Waals surface area (Å²) in [6.45, 7) is 0. The van der Waals surface area contributed by atoms with Crippen LogP contribution in [0.15, 0.2) is 60.7 Å². The molecular weight excluding hydrogens is 363 g/mol. The van der Waals surface area contributed by atoms with Crippen LogP contribution in [0.4, 0.5) is 24.5 Å². The zero-order valence-electron chi connectivity index (χ0n) is 13.9. The third-order valence-electron chi connectivity index (χ3n) is 3.60. The number of ketones is 1. The van der Waals surface area contributed by atoms with Crippen molar-refractivity contribution in [2.75, 3.05) is 10.6 Å². The molecule has 0 aromatic heterocycles. The maximum atomic E-state index is 13.0. The summed E-state index contributed by atoms with van der Waals surface area (Å²) in [5.74, 6) is -4.95. The molecule has 0 heterocycles. The molecule has 0 saturated carbocycles. The molecule has 0 aliphatic rings. The summed E-state index contributed by atoms with van der Waals surface area (Å²) in [6, 6.07) is 15.3. The summed E-state index contributed by atoms with van der Waals surface area (Å²) >= 11 is 0. The van der Waals surface area contributed by atoms with E-state index in [1.165, 1.54) is 36.4 Å². The van der Waals surface area contributed by atoms with E-state index >= 15 is 0 Å². The van der Waals surface area contributed by atoms with Gasteiger partial charge in [0.1, 0.15) is 0 Å². The van der Waals surface area contributed by atoms with Crippen molar-refractivity contribution < 1.29 is 27.6 Å². The lowest BCUT2D eigenvalue weighted by Gasteiger charge is -2.27. The second-order valence-corrected chi connectivity index (χ2v) is 5.71. The standard InChI is InChI=1S/C18H16F3N3O3/c19-18(20,21)15(26)17(22,16(27)24-13-9-5-2-6-10-13)11-14(25)23-12-7-3-1-4-8-12/h1-10H,11,22H2,(H,23,25)(H,24,27). The number of halogens is 3. The Kier molecular flexibility index (Phi) is 5.96. The maximum Gasteiger partial charge on any atom is 0.452 e. The molecule has 0 fully saturated rings. The molecule has 0 aliphatic heterocycles. The third-order valence-corrected chi connectivity index (χ3v) is 3.60. The number of amides is 2. The van der Waals surface area contributed by atoms with Gasteiger partial charge in [0.25, 0.3) is 11.7 Å². The third kappa shape index (κ3) is 5.14. The largest absolute Gasteiger partial charge is 0.452 e. The molecule has 2 amide bonds. The molecule has 4 N–H and O–H groups in total. The summed E-state index contributed by atoms with van der Waals surface area (Å²) in [5.41, 5.74) is 2.83. The number of Topliss-reactive ketones (excluding diaryl/α,β-unsaturated/α-hetero) is 1. The van der Waals surface area contributed by atoms with E-state index in [1.54, 1.807) is 24.3 Å². The van der Waals surface area contributed by atoms with Crippen LogP contribution in [0.25, 0.3) is 0 Å². The Morgan fingerprint density at radius 3 is 1.70 bits per heavy atom. The topological polar surface area (TPSA) is 101 Å². The normalized spacial score (nSPS) is 13.3. The minimum absolute atomic E-state index is 0.135. The smallest absolute Gasteiger partial charge is 0.326 e. The molecule has 9 heteroatoms. The minimum atomic E-state index is -5.39. The van der Waals surface area contributed by atoms with Crippen LogP contribution in [0.5, 0.6) is 0 Å². The number of alkyl halides is 3. The molecule has 142 valence electrons. The fourth-order valence-electron chi connectivity index (χ4n) is 2.26. The fourth-order valence-corrected chi connectivity index (χ4v) is 2.26. The van der Waals surface area contributed by atoms with Crippen molar-refractivity contribution in [3.8, 4) is 0 Å². The fraction of sp³-hybridized carbons (Fsp3) is 0.167. The lowest BCUT2D eigenvalue weighted by atomic mass is 9.88. The van der Waals surface area contributed by atoms with Crippen LogP contribution in [0.1, 0.15) is 6.42 Å². The van der Waals surface area contributed by atoms with Crippen molar-refractivity contribution in [2.24, 2.45) is 5.73 Å². The molecule has 2 aromatic rings. The van der Waals surface area contributed by atoms with Gasteiger partial charge in [0, 0.05) is 11.4 Å². The van der Waals surface area contributed by atoms with Gasteiger partial charge in [-0.15, -0.1) is 0 Å². The molecule has 0 bridgehead atoms. The van der Waals surface area contributed by atoms with Crippen molar-refractivity contribution in [1.82, 2.24) is 0 Å². The van der Waals surface area contributed by atoms with Crippen LogP contribution < -0.4 is 16.4 Å². The molecule has 1 atom stereocenters. The van der Waals surface area contributed by atoms with Crippen molar-refractivity contribution in [3.05, 3.63) is 60.7 Å². The summed E-state index contributed by atoms with van der Waals surface area (Å²) in [6.07, 6.45) is -6.57. The number of carbonyl (C=O) groups is 3. The molecule has 2 aromatic carbocycles. The highest BCUT2D eigenvalue weighted by molar-refractivity contribution is 6.19. The number of hydrogen-bond donors (Lipinski definition) is 3. The first-order valence-electron chi connectivity index (χ1n) is 7.75. The van der Waals surface area contributed by atoms with Crippen molar-refractivity contribution >= 4 is 29.0 Å². The first-order valence-corrected chi connectivity index (χ1v) is 7.75. The van der Waals surface area contributed by atoms with Crippen LogP contribution in [0, 0.1) is 0 Å². The predicted molar refractivity (Wildman–Crippen MR) is 92.7 cm³/mol. The molecule has 0 aliphatic carbocycles. The van der Waals surface area contributed by atoms with Crippen LogP contribution >= 0.6 is 0 Å². The first-order chi connectivity index (χ1) is 12.6. The summed E-state index contributed by atoms with van der Waals surface area (Å²) < 4.78 is 38.9. The molecule has 6 nitrogen and oxygen atoms in total. The van der Waals surface area contributed by atoms with Gasteiger partial charge in [-0.2, -0.15) is 13.2 Å². The van der Waals surface area contributed by atoms with Crippen molar-refractivity contribution in [2.45, 2.75) is 18.1 Å². The second kappa shape index (κ2) is 8.00. The average molecular weight is 379 g/mol. The van der Waals surface area contributed by atoms with Crippen LogP contribution in [0.3, 0.4) is 0 Å². The van der Waals surface area contributed by atoms with E-state index in [1.807, 2.05) is 0 Å². The SMILES string of the molecule is NC(CC(=O)Nc1ccccc1)(C(=O)Nc1ccccc1)C(=O)C(F)(F)F. The molecule has 1 unspecified atom stereocenters. The highest BCUT2D eigenvalue weighted by atomic mass is 19.4. The number of rotatable bonds is 6. The quantitative estimate of drug-likeness (QED) is 0.671. The molecule has 27 heavy (non-hydrogen) atoms. The number of para-hydroxylation sites is 2. The van der Waals surface area contributed by atoms with E-state index in [9.17, 15) is 27.6 Å². The Balaban J connectivity index is 2.25. The lowest BCUT2D eigenvalue weighted by molar-refractivity contribution is -0.178. The van der Waals surface area contributed by atoms with Crippen LogP contribution in [0.2, 0.25) is 0 Å². The molecule has 0 spiro atoms. The zero-order chi connectivity index (χ0) is 20.1. The Hall–Kier alpha value is -3.20. The van der Waals surface area contributed by atoms with Gasteiger partial charge in [-0.3, -0.25) is 14.4 Å². The van der Waals surface area contributed by atoms with E-state index < -0.39 is 35.7 Å². The number of benzene rings is 2. The first kappa shape index (κ1) is 20.1. The van der Waals surface area contributed by atoms with E-state index in [2.05, 4.69) is 10.6 Å². The zero-order valence-corrected chi connectivity index (χ0v) is 13.9. The number of nitrogens with two attached hydrogens (primary N) is 1. The second-order valence-electron chi connectivity index (χ2n) is 5.71. The van der Waals surface area contributed by atoms with E-state index in [0.29, 0.717) is 0 Å². The Morgan fingerprint density at radius 1 is 0.815 bits per heavy atom. The summed E-state index contributed by atoms with van der Waals surface area (Å²) in [5, 5.41) is 4.44. The minimum Gasteiger partial charge on any atom is -0.326 e.